The molecule has 45 valence electrons. The van der Waals surface area contributed by atoms with Gasteiger partial charge in [0, 0.05) is 0 Å². The van der Waals surface area contributed by atoms with Crippen LogP contribution in [-0.2, 0) is 26.2 Å². The molecular weight excluding hydrogens is 274 g/mol. The number of aryl methyl sites for hydroxylation is 1. The molecular formula is C7H9Os. The molecule has 0 atom stereocenters. The summed E-state index contributed by atoms with van der Waals surface area (Å²) in [6.07, 6.45) is 1.16. The van der Waals surface area contributed by atoms with Crippen molar-refractivity contribution in [2.75, 3.05) is 0 Å². The quantitative estimate of drug-likeness (QED) is 0.691. The first kappa shape index (κ1) is 7.99. The fourth-order valence-electron chi connectivity index (χ4n) is 0.650. The van der Waals surface area contributed by atoms with Crippen molar-refractivity contribution in [3.05, 3.63) is 29.8 Å². The van der Waals surface area contributed by atoms with Gasteiger partial charge in [-0.25, -0.2) is 12.1 Å². The van der Waals surface area contributed by atoms with Crippen LogP contribution >= 0.6 is 0 Å². The molecule has 0 aliphatic heterocycles. The molecule has 0 nitrogen and oxygen atoms in total. The maximum absolute atomic E-state index is 2.16. The van der Waals surface area contributed by atoms with Gasteiger partial charge >= 0.3 is 19.8 Å². The van der Waals surface area contributed by atoms with Crippen LogP contribution in [0.1, 0.15) is 12.5 Å². The molecule has 0 spiro atoms. The second kappa shape index (κ2) is 3.93. The molecule has 0 aliphatic carbocycles. The van der Waals surface area contributed by atoms with Gasteiger partial charge in [0.15, 0.2) is 0 Å². The van der Waals surface area contributed by atoms with Gasteiger partial charge in [-0.1, -0.05) is 13.3 Å². The summed E-state index contributed by atoms with van der Waals surface area (Å²) >= 11 is 0. The average Bonchev–Trinajstić information content (AvgIpc) is 2.14. The number of hydrogen-bond acceptors (Lipinski definition) is 0. The Morgan fingerprint density at radius 1 is 1.25 bits per heavy atom. The summed E-state index contributed by atoms with van der Waals surface area (Å²) in [6, 6.07) is 8.41. The minimum atomic E-state index is 0. The third-order valence-electron chi connectivity index (χ3n) is 1.14. The molecule has 1 heteroatoms. The van der Waals surface area contributed by atoms with Crippen molar-refractivity contribution < 1.29 is 19.8 Å². The Bertz CT molecular complexity index is 119. The van der Waals surface area contributed by atoms with Gasteiger partial charge in [0.25, 0.3) is 0 Å². The van der Waals surface area contributed by atoms with E-state index < -0.39 is 0 Å². The van der Waals surface area contributed by atoms with E-state index in [0.717, 1.165) is 6.42 Å². The molecule has 0 aromatic heterocycles. The maximum Gasteiger partial charge on any atom is 1.00 e. The standard InChI is InChI=1S/C7H9.Os/c1-2-7-5-3-4-6-7;/h3-6H,2H2,1H3;/q-1;+1. The fourth-order valence-corrected chi connectivity index (χ4v) is 0.650. The summed E-state index contributed by atoms with van der Waals surface area (Å²) in [5, 5.41) is 0. The molecule has 1 rings (SSSR count). The van der Waals surface area contributed by atoms with E-state index in [1.54, 1.807) is 0 Å². The van der Waals surface area contributed by atoms with Gasteiger partial charge in [-0.3, -0.25) is 0 Å². The number of hydrogen-bond donors (Lipinski definition) is 0. The zero-order valence-corrected chi connectivity index (χ0v) is 7.41. The molecule has 0 saturated heterocycles. The predicted molar refractivity (Wildman–Crippen MR) is 31.4 cm³/mol. The molecule has 1 aromatic rings. The Balaban J connectivity index is 0.000000490. The van der Waals surface area contributed by atoms with Gasteiger partial charge in [0.05, 0.1) is 0 Å². The SMILES string of the molecule is CC[c-]1cccc1.[Os+]. The van der Waals surface area contributed by atoms with Crippen LogP contribution in [-0.4, -0.2) is 0 Å². The van der Waals surface area contributed by atoms with Gasteiger partial charge in [-0.15, -0.1) is 0 Å². The summed E-state index contributed by atoms with van der Waals surface area (Å²) in [5.41, 5.74) is 1.43. The maximum atomic E-state index is 2.16. The second-order valence-electron chi connectivity index (χ2n) is 1.65. The minimum absolute atomic E-state index is 0. The topological polar surface area (TPSA) is 0 Å². The van der Waals surface area contributed by atoms with Gasteiger partial charge < -0.3 is 0 Å². The molecule has 1 aromatic carbocycles. The fraction of sp³-hybridized carbons (Fsp3) is 0.286. The molecule has 0 heterocycles. The van der Waals surface area contributed by atoms with Crippen molar-refractivity contribution in [2.24, 2.45) is 0 Å². The van der Waals surface area contributed by atoms with Crippen molar-refractivity contribution in [2.45, 2.75) is 13.3 Å². The van der Waals surface area contributed by atoms with E-state index in [1.807, 2.05) is 0 Å². The van der Waals surface area contributed by atoms with Crippen LogP contribution in [0.5, 0.6) is 0 Å². The smallest absolute Gasteiger partial charge is 0.213 e. The van der Waals surface area contributed by atoms with Crippen LogP contribution in [0.15, 0.2) is 24.3 Å². The summed E-state index contributed by atoms with van der Waals surface area (Å²) < 4.78 is 0. The molecule has 8 heavy (non-hydrogen) atoms. The van der Waals surface area contributed by atoms with Crippen molar-refractivity contribution in [1.29, 1.82) is 0 Å². The zero-order valence-electron chi connectivity index (χ0n) is 4.87. The van der Waals surface area contributed by atoms with Gasteiger partial charge in [0.1, 0.15) is 0 Å². The van der Waals surface area contributed by atoms with E-state index in [4.69, 9.17) is 0 Å². The van der Waals surface area contributed by atoms with E-state index in [0.29, 0.717) is 0 Å². The molecule has 0 unspecified atom stereocenters. The summed E-state index contributed by atoms with van der Waals surface area (Å²) in [6.45, 7) is 2.16. The Hall–Kier alpha value is -0.0136. The summed E-state index contributed by atoms with van der Waals surface area (Å²) in [5.74, 6) is 0. The first-order chi connectivity index (χ1) is 3.43. The van der Waals surface area contributed by atoms with Crippen LogP contribution in [0.25, 0.3) is 0 Å². The Kier molecular flexibility index (Phi) is 3.92. The first-order valence-electron chi connectivity index (χ1n) is 2.64. The Labute approximate surface area is 63.3 Å². The van der Waals surface area contributed by atoms with Crippen LogP contribution in [0.4, 0.5) is 0 Å². The second-order valence-corrected chi connectivity index (χ2v) is 1.65. The van der Waals surface area contributed by atoms with E-state index >= 15 is 0 Å². The molecule has 0 bridgehead atoms. The van der Waals surface area contributed by atoms with Crippen molar-refractivity contribution in [3.8, 4) is 0 Å². The monoisotopic (exact) mass is 285 g/mol. The van der Waals surface area contributed by atoms with Gasteiger partial charge in [0.2, 0.25) is 0 Å². The molecule has 0 N–H and O–H groups in total. The molecule has 0 aliphatic rings. The van der Waals surface area contributed by atoms with Crippen LogP contribution < -0.4 is 0 Å². The predicted octanol–water partition coefficient (Wildman–Crippen LogP) is 1.97. The van der Waals surface area contributed by atoms with Gasteiger partial charge in [-0.2, -0.15) is 17.7 Å². The largest absolute Gasteiger partial charge is 1.00 e. The van der Waals surface area contributed by atoms with Crippen LogP contribution in [0.2, 0.25) is 0 Å². The molecule has 0 saturated carbocycles. The third-order valence-corrected chi connectivity index (χ3v) is 1.14. The van der Waals surface area contributed by atoms with E-state index in [-0.39, 0.29) is 19.8 Å². The van der Waals surface area contributed by atoms with Crippen molar-refractivity contribution in [3.63, 3.8) is 0 Å². The van der Waals surface area contributed by atoms with Gasteiger partial charge in [-0.05, 0) is 0 Å². The van der Waals surface area contributed by atoms with E-state index in [9.17, 15) is 0 Å². The number of rotatable bonds is 1. The van der Waals surface area contributed by atoms with Crippen molar-refractivity contribution in [1.82, 2.24) is 0 Å². The first-order valence-corrected chi connectivity index (χ1v) is 2.64. The molecule has 1 radical (unpaired) electrons. The Morgan fingerprint density at radius 2 is 1.75 bits per heavy atom. The third kappa shape index (κ3) is 1.84. The summed E-state index contributed by atoms with van der Waals surface area (Å²) in [4.78, 5) is 0. The van der Waals surface area contributed by atoms with E-state index in [1.165, 1.54) is 5.56 Å². The van der Waals surface area contributed by atoms with Crippen molar-refractivity contribution >= 4 is 0 Å². The zero-order chi connectivity index (χ0) is 5.11. The normalized spacial score (nSPS) is 8.12. The van der Waals surface area contributed by atoms with E-state index in [2.05, 4.69) is 31.2 Å². The average molecular weight is 283 g/mol. The minimum Gasteiger partial charge on any atom is -0.213 e. The Morgan fingerprint density at radius 3 is 2.00 bits per heavy atom. The molecule has 0 fully saturated rings. The summed E-state index contributed by atoms with van der Waals surface area (Å²) in [7, 11) is 0. The van der Waals surface area contributed by atoms with Crippen LogP contribution in [0, 0.1) is 0 Å². The van der Waals surface area contributed by atoms with Crippen LogP contribution in [0.3, 0.4) is 0 Å². The molecule has 0 amide bonds.